The predicted octanol–water partition coefficient (Wildman–Crippen LogP) is 1.10. The minimum absolute atomic E-state index is 0.581. The first-order valence-corrected chi connectivity index (χ1v) is 3.93. The summed E-state index contributed by atoms with van der Waals surface area (Å²) in [6.07, 6.45) is 0. The molecule has 4 heteroatoms. The number of ether oxygens (including phenoxy) is 1. The SMILES string of the molecule is COc1nn(OC)c2ccccc12. The lowest BCUT2D eigenvalue weighted by Gasteiger charge is -1.96. The number of fused-ring (bicyclic) bond motifs is 1. The third kappa shape index (κ3) is 1.11. The Labute approximate surface area is 75.6 Å². The third-order valence-electron chi connectivity index (χ3n) is 1.89. The van der Waals surface area contributed by atoms with Crippen molar-refractivity contribution < 1.29 is 9.57 Å². The van der Waals surface area contributed by atoms with Crippen molar-refractivity contribution in [3.8, 4) is 5.88 Å². The van der Waals surface area contributed by atoms with Crippen LogP contribution in [-0.2, 0) is 0 Å². The smallest absolute Gasteiger partial charge is 0.244 e. The molecule has 0 bridgehead atoms. The minimum Gasteiger partial charge on any atom is -0.479 e. The van der Waals surface area contributed by atoms with Crippen LogP contribution in [0.4, 0.5) is 0 Å². The molecule has 0 aliphatic carbocycles. The van der Waals surface area contributed by atoms with Crippen LogP contribution >= 0.6 is 0 Å². The fraction of sp³-hybridized carbons (Fsp3) is 0.222. The van der Waals surface area contributed by atoms with Crippen LogP contribution in [0.15, 0.2) is 24.3 Å². The summed E-state index contributed by atoms with van der Waals surface area (Å²) in [5.74, 6) is 0.581. The summed E-state index contributed by atoms with van der Waals surface area (Å²) in [7, 11) is 3.16. The second-order valence-electron chi connectivity index (χ2n) is 2.58. The van der Waals surface area contributed by atoms with E-state index in [0.717, 1.165) is 10.9 Å². The Kier molecular flexibility index (Phi) is 1.81. The highest BCUT2D eigenvalue weighted by molar-refractivity contribution is 5.84. The fourth-order valence-corrected chi connectivity index (χ4v) is 1.30. The summed E-state index contributed by atoms with van der Waals surface area (Å²) < 4.78 is 5.10. The van der Waals surface area contributed by atoms with Crippen molar-refractivity contribution in [3.63, 3.8) is 0 Å². The standard InChI is InChI=1S/C9H10N2O2/c1-12-9-7-5-3-4-6-8(7)11(10-9)13-2/h3-6H,1-2H3. The molecule has 13 heavy (non-hydrogen) atoms. The van der Waals surface area contributed by atoms with Crippen molar-refractivity contribution in [3.05, 3.63) is 24.3 Å². The van der Waals surface area contributed by atoms with Gasteiger partial charge in [0.1, 0.15) is 12.6 Å². The quantitative estimate of drug-likeness (QED) is 0.691. The molecule has 0 aliphatic heterocycles. The van der Waals surface area contributed by atoms with Gasteiger partial charge in [-0.15, -0.1) is 0 Å². The molecular weight excluding hydrogens is 168 g/mol. The van der Waals surface area contributed by atoms with Gasteiger partial charge in [0.15, 0.2) is 0 Å². The van der Waals surface area contributed by atoms with E-state index in [1.54, 1.807) is 14.2 Å². The Morgan fingerprint density at radius 3 is 2.69 bits per heavy atom. The van der Waals surface area contributed by atoms with Crippen LogP contribution in [0.25, 0.3) is 10.9 Å². The van der Waals surface area contributed by atoms with Gasteiger partial charge < -0.3 is 9.57 Å². The van der Waals surface area contributed by atoms with Crippen LogP contribution in [0.5, 0.6) is 5.88 Å². The summed E-state index contributed by atoms with van der Waals surface area (Å²) >= 11 is 0. The van der Waals surface area contributed by atoms with E-state index in [1.807, 2.05) is 24.3 Å². The van der Waals surface area contributed by atoms with E-state index in [-0.39, 0.29) is 0 Å². The molecule has 0 amide bonds. The maximum absolute atomic E-state index is 5.10. The number of hydrogen-bond acceptors (Lipinski definition) is 3. The van der Waals surface area contributed by atoms with Gasteiger partial charge in [0.25, 0.3) is 0 Å². The Morgan fingerprint density at radius 1 is 1.23 bits per heavy atom. The molecule has 4 nitrogen and oxygen atoms in total. The van der Waals surface area contributed by atoms with Gasteiger partial charge in [-0.25, -0.2) is 0 Å². The third-order valence-corrected chi connectivity index (χ3v) is 1.89. The summed E-state index contributed by atoms with van der Waals surface area (Å²) in [4.78, 5) is 6.47. The second kappa shape index (κ2) is 2.97. The van der Waals surface area contributed by atoms with Crippen molar-refractivity contribution in [2.24, 2.45) is 0 Å². The van der Waals surface area contributed by atoms with E-state index in [4.69, 9.17) is 9.57 Å². The summed E-state index contributed by atoms with van der Waals surface area (Å²) in [6, 6.07) is 7.73. The van der Waals surface area contributed by atoms with Crippen molar-refractivity contribution in [1.82, 2.24) is 9.94 Å². The van der Waals surface area contributed by atoms with E-state index in [9.17, 15) is 0 Å². The zero-order valence-corrected chi connectivity index (χ0v) is 7.52. The summed E-state index contributed by atoms with van der Waals surface area (Å²) in [5, 5.41) is 5.05. The molecule has 0 spiro atoms. The minimum atomic E-state index is 0.581. The summed E-state index contributed by atoms with van der Waals surface area (Å²) in [6.45, 7) is 0. The Bertz CT molecular complexity index is 384. The number of methoxy groups -OCH3 is 1. The first-order valence-electron chi connectivity index (χ1n) is 3.93. The van der Waals surface area contributed by atoms with Gasteiger partial charge in [-0.3, -0.25) is 0 Å². The van der Waals surface area contributed by atoms with E-state index < -0.39 is 0 Å². The molecule has 0 aliphatic rings. The van der Waals surface area contributed by atoms with Gasteiger partial charge in [-0.1, -0.05) is 22.1 Å². The molecule has 1 heterocycles. The largest absolute Gasteiger partial charge is 0.479 e. The Balaban J connectivity index is 2.74. The van der Waals surface area contributed by atoms with Crippen LogP contribution < -0.4 is 9.57 Å². The molecule has 0 radical (unpaired) electrons. The molecule has 2 aromatic rings. The number of para-hydroxylation sites is 1. The number of hydrogen-bond donors (Lipinski definition) is 0. The molecular formula is C9H10N2O2. The molecule has 68 valence electrons. The van der Waals surface area contributed by atoms with Crippen LogP contribution in [0, 0.1) is 0 Å². The lowest BCUT2D eigenvalue weighted by atomic mass is 10.2. The number of nitrogens with zero attached hydrogens (tertiary/aromatic N) is 2. The molecule has 0 N–H and O–H groups in total. The lowest BCUT2D eigenvalue weighted by Crippen LogP contribution is -2.06. The topological polar surface area (TPSA) is 36.3 Å². The van der Waals surface area contributed by atoms with Crippen LogP contribution in [-0.4, -0.2) is 24.2 Å². The van der Waals surface area contributed by atoms with Gasteiger partial charge >= 0.3 is 0 Å². The van der Waals surface area contributed by atoms with Gasteiger partial charge in [0.2, 0.25) is 5.88 Å². The first-order chi connectivity index (χ1) is 6.36. The molecule has 0 saturated carbocycles. The highest BCUT2D eigenvalue weighted by Crippen LogP contribution is 2.22. The summed E-state index contributed by atoms with van der Waals surface area (Å²) in [5.41, 5.74) is 0.904. The lowest BCUT2D eigenvalue weighted by molar-refractivity contribution is 0.140. The van der Waals surface area contributed by atoms with Crippen LogP contribution in [0.1, 0.15) is 0 Å². The normalized spacial score (nSPS) is 10.3. The monoisotopic (exact) mass is 178 g/mol. The zero-order chi connectivity index (χ0) is 9.26. The molecule has 1 aromatic heterocycles. The molecule has 2 rings (SSSR count). The van der Waals surface area contributed by atoms with Crippen LogP contribution in [0.3, 0.4) is 0 Å². The molecule has 0 saturated heterocycles. The van der Waals surface area contributed by atoms with Crippen molar-refractivity contribution in [2.75, 3.05) is 14.2 Å². The maximum Gasteiger partial charge on any atom is 0.244 e. The van der Waals surface area contributed by atoms with E-state index in [2.05, 4.69) is 5.10 Å². The van der Waals surface area contributed by atoms with E-state index in [0.29, 0.717) is 5.88 Å². The molecule has 1 aromatic carbocycles. The molecule has 0 fully saturated rings. The van der Waals surface area contributed by atoms with Gasteiger partial charge in [-0.05, 0) is 12.1 Å². The molecule has 0 atom stereocenters. The number of aromatic nitrogens is 2. The van der Waals surface area contributed by atoms with Crippen molar-refractivity contribution in [2.45, 2.75) is 0 Å². The zero-order valence-electron chi connectivity index (χ0n) is 7.52. The average Bonchev–Trinajstić information content (AvgIpc) is 2.56. The number of benzene rings is 1. The van der Waals surface area contributed by atoms with Gasteiger partial charge in [0, 0.05) is 0 Å². The van der Waals surface area contributed by atoms with E-state index in [1.165, 1.54) is 4.85 Å². The highest BCUT2D eigenvalue weighted by Gasteiger charge is 2.09. The number of rotatable bonds is 2. The van der Waals surface area contributed by atoms with E-state index >= 15 is 0 Å². The Morgan fingerprint density at radius 2 is 2.00 bits per heavy atom. The second-order valence-corrected chi connectivity index (χ2v) is 2.58. The molecule has 0 unspecified atom stereocenters. The Hall–Kier alpha value is -1.71. The van der Waals surface area contributed by atoms with Crippen molar-refractivity contribution >= 4 is 10.9 Å². The predicted molar refractivity (Wildman–Crippen MR) is 48.8 cm³/mol. The first kappa shape index (κ1) is 7.91. The average molecular weight is 178 g/mol. The highest BCUT2D eigenvalue weighted by atomic mass is 16.7. The fourth-order valence-electron chi connectivity index (χ4n) is 1.30. The maximum atomic E-state index is 5.10. The van der Waals surface area contributed by atoms with Crippen LogP contribution in [0.2, 0.25) is 0 Å². The van der Waals surface area contributed by atoms with Gasteiger partial charge in [-0.2, -0.15) is 0 Å². The van der Waals surface area contributed by atoms with Gasteiger partial charge in [0.05, 0.1) is 12.5 Å². The van der Waals surface area contributed by atoms with Crippen molar-refractivity contribution in [1.29, 1.82) is 0 Å².